The SMILES string of the molecule is CC1CN(C(=O)c2ccc(C(=O)O)cc2)CCCO1. The van der Waals surface area contributed by atoms with Gasteiger partial charge >= 0.3 is 5.97 Å². The Labute approximate surface area is 111 Å². The van der Waals surface area contributed by atoms with Crippen molar-refractivity contribution >= 4 is 11.9 Å². The highest BCUT2D eigenvalue weighted by atomic mass is 16.5. The minimum atomic E-state index is -0.990. The van der Waals surface area contributed by atoms with Crippen LogP contribution in [0.5, 0.6) is 0 Å². The molecular formula is C14H17NO4. The second kappa shape index (κ2) is 5.84. The van der Waals surface area contributed by atoms with Crippen molar-refractivity contribution in [1.29, 1.82) is 0 Å². The van der Waals surface area contributed by atoms with Crippen molar-refractivity contribution in [3.05, 3.63) is 35.4 Å². The molecule has 0 aromatic heterocycles. The Morgan fingerprint density at radius 3 is 2.53 bits per heavy atom. The third kappa shape index (κ3) is 3.32. The minimum Gasteiger partial charge on any atom is -0.478 e. The van der Waals surface area contributed by atoms with Crippen LogP contribution in [0.25, 0.3) is 0 Å². The molecule has 1 saturated heterocycles. The van der Waals surface area contributed by atoms with Gasteiger partial charge in [-0.25, -0.2) is 4.79 Å². The first kappa shape index (κ1) is 13.5. The molecule has 1 unspecified atom stereocenters. The standard InChI is InChI=1S/C14H17NO4/c1-10-9-15(7-2-8-19-10)13(16)11-3-5-12(6-4-11)14(17)18/h3-6,10H,2,7-9H2,1H3,(H,17,18). The molecule has 1 aliphatic rings. The first-order chi connectivity index (χ1) is 9.08. The molecule has 0 saturated carbocycles. The lowest BCUT2D eigenvalue weighted by molar-refractivity contribution is 0.0562. The summed E-state index contributed by atoms with van der Waals surface area (Å²) >= 11 is 0. The molecule has 1 aromatic rings. The molecule has 1 fully saturated rings. The maximum absolute atomic E-state index is 12.3. The first-order valence-electron chi connectivity index (χ1n) is 6.32. The van der Waals surface area contributed by atoms with Gasteiger partial charge in [0.2, 0.25) is 0 Å². The van der Waals surface area contributed by atoms with Crippen LogP contribution >= 0.6 is 0 Å². The van der Waals surface area contributed by atoms with Crippen LogP contribution in [0.1, 0.15) is 34.1 Å². The lowest BCUT2D eigenvalue weighted by Gasteiger charge is -2.22. The summed E-state index contributed by atoms with van der Waals surface area (Å²) < 4.78 is 5.50. The molecule has 19 heavy (non-hydrogen) atoms. The summed E-state index contributed by atoms with van der Waals surface area (Å²) in [6.07, 6.45) is 0.855. The molecule has 2 rings (SSSR count). The minimum absolute atomic E-state index is 0.0322. The number of carboxylic acid groups (broad SMARTS) is 1. The van der Waals surface area contributed by atoms with Gasteiger partial charge in [-0.2, -0.15) is 0 Å². The fraction of sp³-hybridized carbons (Fsp3) is 0.429. The van der Waals surface area contributed by atoms with Gasteiger partial charge in [0.25, 0.3) is 5.91 Å². The van der Waals surface area contributed by atoms with E-state index in [1.54, 1.807) is 17.0 Å². The number of rotatable bonds is 2. The van der Waals surface area contributed by atoms with Crippen molar-refractivity contribution in [2.75, 3.05) is 19.7 Å². The summed E-state index contributed by atoms with van der Waals surface area (Å²) in [4.78, 5) is 24.8. The normalized spacial score (nSPS) is 19.8. The molecule has 5 heteroatoms. The van der Waals surface area contributed by atoms with E-state index in [-0.39, 0.29) is 17.6 Å². The van der Waals surface area contributed by atoms with Crippen LogP contribution in [0.15, 0.2) is 24.3 Å². The van der Waals surface area contributed by atoms with Crippen LogP contribution < -0.4 is 0 Å². The van der Waals surface area contributed by atoms with E-state index in [1.165, 1.54) is 12.1 Å². The summed E-state index contributed by atoms with van der Waals surface area (Å²) in [7, 11) is 0. The molecule has 5 nitrogen and oxygen atoms in total. The zero-order chi connectivity index (χ0) is 13.8. The predicted octanol–water partition coefficient (Wildman–Crippen LogP) is 1.64. The van der Waals surface area contributed by atoms with Gasteiger partial charge in [-0.1, -0.05) is 0 Å². The first-order valence-corrected chi connectivity index (χ1v) is 6.32. The predicted molar refractivity (Wildman–Crippen MR) is 69.3 cm³/mol. The number of nitrogens with zero attached hydrogens (tertiary/aromatic N) is 1. The van der Waals surface area contributed by atoms with E-state index in [0.717, 1.165) is 6.42 Å². The number of hydrogen-bond acceptors (Lipinski definition) is 3. The molecule has 0 bridgehead atoms. The largest absolute Gasteiger partial charge is 0.478 e. The summed E-state index contributed by atoms with van der Waals surface area (Å²) in [6, 6.07) is 6.02. The van der Waals surface area contributed by atoms with Crippen LogP contribution in [0, 0.1) is 0 Å². The molecule has 0 aliphatic carbocycles. The van der Waals surface area contributed by atoms with Crippen molar-refractivity contribution in [3.8, 4) is 0 Å². The number of amides is 1. The van der Waals surface area contributed by atoms with E-state index in [4.69, 9.17) is 9.84 Å². The number of carboxylic acids is 1. The zero-order valence-corrected chi connectivity index (χ0v) is 10.8. The van der Waals surface area contributed by atoms with E-state index >= 15 is 0 Å². The highest BCUT2D eigenvalue weighted by Gasteiger charge is 2.21. The molecule has 1 aliphatic heterocycles. The van der Waals surface area contributed by atoms with Gasteiger partial charge in [-0.05, 0) is 37.6 Å². The number of benzene rings is 1. The Morgan fingerprint density at radius 1 is 1.26 bits per heavy atom. The Kier molecular flexibility index (Phi) is 4.16. The third-order valence-electron chi connectivity index (χ3n) is 3.12. The molecular weight excluding hydrogens is 246 g/mol. The second-order valence-electron chi connectivity index (χ2n) is 4.67. The van der Waals surface area contributed by atoms with Crippen LogP contribution in [0.2, 0.25) is 0 Å². The Hall–Kier alpha value is -1.88. The summed E-state index contributed by atoms with van der Waals surface area (Å²) in [6.45, 7) is 3.85. The average Bonchev–Trinajstić information content (AvgIpc) is 2.62. The molecule has 1 atom stereocenters. The monoisotopic (exact) mass is 263 g/mol. The van der Waals surface area contributed by atoms with Gasteiger partial charge in [-0.15, -0.1) is 0 Å². The van der Waals surface area contributed by atoms with Crippen LogP contribution in [0.4, 0.5) is 0 Å². The third-order valence-corrected chi connectivity index (χ3v) is 3.12. The van der Waals surface area contributed by atoms with E-state index in [0.29, 0.717) is 25.3 Å². The number of carbonyl (C=O) groups is 2. The van der Waals surface area contributed by atoms with Crippen molar-refractivity contribution in [2.45, 2.75) is 19.4 Å². The molecule has 1 N–H and O–H groups in total. The van der Waals surface area contributed by atoms with E-state index in [1.807, 2.05) is 6.92 Å². The smallest absolute Gasteiger partial charge is 0.335 e. The summed E-state index contributed by atoms with van der Waals surface area (Å²) in [5.74, 6) is -1.06. The number of hydrogen-bond donors (Lipinski definition) is 1. The fourth-order valence-corrected chi connectivity index (χ4v) is 2.12. The van der Waals surface area contributed by atoms with Crippen LogP contribution in [-0.2, 0) is 4.74 Å². The molecule has 1 heterocycles. The highest BCUT2D eigenvalue weighted by Crippen LogP contribution is 2.12. The summed E-state index contributed by atoms with van der Waals surface area (Å²) in [5, 5.41) is 8.82. The topological polar surface area (TPSA) is 66.8 Å². The van der Waals surface area contributed by atoms with Crippen molar-refractivity contribution < 1.29 is 19.4 Å². The maximum Gasteiger partial charge on any atom is 0.335 e. The quantitative estimate of drug-likeness (QED) is 0.880. The van der Waals surface area contributed by atoms with Crippen molar-refractivity contribution in [1.82, 2.24) is 4.90 Å². The van der Waals surface area contributed by atoms with Gasteiger partial charge < -0.3 is 14.7 Å². The van der Waals surface area contributed by atoms with Gasteiger partial charge in [0.05, 0.1) is 11.7 Å². The van der Waals surface area contributed by atoms with Crippen LogP contribution in [0.3, 0.4) is 0 Å². The zero-order valence-electron chi connectivity index (χ0n) is 10.8. The summed E-state index contributed by atoms with van der Waals surface area (Å²) in [5.41, 5.74) is 0.697. The van der Waals surface area contributed by atoms with Crippen LogP contribution in [-0.4, -0.2) is 47.7 Å². The van der Waals surface area contributed by atoms with Gasteiger partial charge in [0.15, 0.2) is 0 Å². The Balaban J connectivity index is 2.11. The number of ether oxygens (including phenoxy) is 1. The lowest BCUT2D eigenvalue weighted by atomic mass is 10.1. The molecule has 102 valence electrons. The van der Waals surface area contributed by atoms with Gasteiger partial charge in [-0.3, -0.25) is 4.79 Å². The Bertz CT molecular complexity index is 469. The fourth-order valence-electron chi connectivity index (χ4n) is 2.12. The van der Waals surface area contributed by atoms with E-state index in [2.05, 4.69) is 0 Å². The second-order valence-corrected chi connectivity index (χ2v) is 4.67. The van der Waals surface area contributed by atoms with Gasteiger partial charge in [0, 0.05) is 25.3 Å². The molecule has 0 spiro atoms. The Morgan fingerprint density at radius 2 is 1.89 bits per heavy atom. The maximum atomic E-state index is 12.3. The van der Waals surface area contributed by atoms with Crippen molar-refractivity contribution in [2.24, 2.45) is 0 Å². The molecule has 1 amide bonds. The molecule has 0 radical (unpaired) electrons. The van der Waals surface area contributed by atoms with E-state index < -0.39 is 5.97 Å². The van der Waals surface area contributed by atoms with Crippen molar-refractivity contribution in [3.63, 3.8) is 0 Å². The van der Waals surface area contributed by atoms with E-state index in [9.17, 15) is 9.59 Å². The number of carbonyl (C=O) groups excluding carboxylic acids is 1. The molecule has 1 aromatic carbocycles. The number of aromatic carboxylic acids is 1. The lowest BCUT2D eigenvalue weighted by Crippen LogP contribution is -2.35. The average molecular weight is 263 g/mol. The highest BCUT2D eigenvalue weighted by molar-refractivity contribution is 5.95. The van der Waals surface area contributed by atoms with Gasteiger partial charge in [0.1, 0.15) is 0 Å².